The van der Waals surface area contributed by atoms with E-state index in [1.165, 1.54) is 0 Å². The summed E-state index contributed by atoms with van der Waals surface area (Å²) in [7, 11) is 0. The highest BCUT2D eigenvalue weighted by molar-refractivity contribution is 5.27. The number of benzene rings is 1. The van der Waals surface area contributed by atoms with E-state index in [9.17, 15) is 0 Å². The quantitative estimate of drug-likeness (QED) is 0.699. The summed E-state index contributed by atoms with van der Waals surface area (Å²) in [5.74, 6) is 0.812. The molecule has 84 valence electrons. The molecule has 0 aliphatic carbocycles. The third kappa shape index (κ3) is 4.81. The second-order valence-electron chi connectivity index (χ2n) is 3.76. The number of hydrogen-bond acceptors (Lipinski definition) is 3. The van der Waals surface area contributed by atoms with Crippen LogP contribution < -0.4 is 10.1 Å². The lowest BCUT2D eigenvalue weighted by Gasteiger charge is -2.10. The number of nitrogens with one attached hydrogen (secondary N) is 1. The molecule has 15 heavy (non-hydrogen) atoms. The molecular weight excluding hydrogens is 190 g/mol. The Labute approximate surface area is 91.1 Å². The zero-order valence-corrected chi connectivity index (χ0v) is 9.36. The summed E-state index contributed by atoms with van der Waals surface area (Å²) >= 11 is 0. The SMILES string of the molecule is CC(C)NCCOc1cccc(CO)c1. The van der Waals surface area contributed by atoms with Crippen LogP contribution in [-0.4, -0.2) is 24.3 Å². The maximum atomic E-state index is 8.94. The minimum Gasteiger partial charge on any atom is -0.492 e. The lowest BCUT2D eigenvalue weighted by molar-refractivity contribution is 0.278. The molecule has 0 heterocycles. The summed E-state index contributed by atoms with van der Waals surface area (Å²) < 4.78 is 5.53. The fourth-order valence-corrected chi connectivity index (χ4v) is 1.25. The molecule has 1 aromatic carbocycles. The monoisotopic (exact) mass is 209 g/mol. The molecule has 0 aliphatic heterocycles. The van der Waals surface area contributed by atoms with E-state index in [1.54, 1.807) is 0 Å². The summed E-state index contributed by atoms with van der Waals surface area (Å²) in [6.07, 6.45) is 0. The molecule has 3 nitrogen and oxygen atoms in total. The molecule has 0 bridgehead atoms. The Morgan fingerprint density at radius 1 is 1.40 bits per heavy atom. The Morgan fingerprint density at radius 2 is 2.20 bits per heavy atom. The van der Waals surface area contributed by atoms with E-state index in [2.05, 4.69) is 19.2 Å². The Morgan fingerprint density at radius 3 is 2.87 bits per heavy atom. The highest BCUT2D eigenvalue weighted by atomic mass is 16.5. The number of ether oxygens (including phenoxy) is 1. The highest BCUT2D eigenvalue weighted by Gasteiger charge is 1.96. The van der Waals surface area contributed by atoms with Crippen LogP contribution in [0.25, 0.3) is 0 Å². The van der Waals surface area contributed by atoms with E-state index in [1.807, 2.05) is 24.3 Å². The molecule has 0 aromatic heterocycles. The van der Waals surface area contributed by atoms with Crippen molar-refractivity contribution in [2.24, 2.45) is 0 Å². The van der Waals surface area contributed by atoms with Gasteiger partial charge in [0.15, 0.2) is 0 Å². The van der Waals surface area contributed by atoms with E-state index < -0.39 is 0 Å². The van der Waals surface area contributed by atoms with Gasteiger partial charge in [-0.15, -0.1) is 0 Å². The van der Waals surface area contributed by atoms with Crippen LogP contribution in [0, 0.1) is 0 Å². The van der Waals surface area contributed by atoms with Crippen LogP contribution in [-0.2, 0) is 6.61 Å². The average Bonchev–Trinajstić information content (AvgIpc) is 2.24. The van der Waals surface area contributed by atoms with Crippen molar-refractivity contribution >= 4 is 0 Å². The van der Waals surface area contributed by atoms with Gasteiger partial charge in [0, 0.05) is 12.6 Å². The molecule has 3 heteroatoms. The van der Waals surface area contributed by atoms with E-state index in [0.29, 0.717) is 12.6 Å². The molecule has 0 saturated heterocycles. The topological polar surface area (TPSA) is 41.5 Å². The second-order valence-corrected chi connectivity index (χ2v) is 3.76. The van der Waals surface area contributed by atoms with Crippen molar-refractivity contribution in [2.45, 2.75) is 26.5 Å². The molecule has 2 N–H and O–H groups in total. The molecule has 1 aromatic rings. The molecule has 0 saturated carbocycles. The summed E-state index contributed by atoms with van der Waals surface area (Å²) in [6.45, 7) is 5.74. The zero-order chi connectivity index (χ0) is 11.1. The normalized spacial score (nSPS) is 10.7. The molecule has 0 unspecified atom stereocenters. The second kappa shape index (κ2) is 6.43. The Hall–Kier alpha value is -1.06. The van der Waals surface area contributed by atoms with Crippen molar-refractivity contribution < 1.29 is 9.84 Å². The Bertz CT molecular complexity index is 287. The van der Waals surface area contributed by atoms with Crippen LogP contribution in [0.2, 0.25) is 0 Å². The van der Waals surface area contributed by atoms with Gasteiger partial charge in [-0.1, -0.05) is 26.0 Å². The van der Waals surface area contributed by atoms with Gasteiger partial charge in [-0.3, -0.25) is 0 Å². The van der Waals surface area contributed by atoms with Crippen molar-refractivity contribution in [1.82, 2.24) is 5.32 Å². The Balaban J connectivity index is 2.30. The van der Waals surface area contributed by atoms with Crippen molar-refractivity contribution in [3.05, 3.63) is 29.8 Å². The standard InChI is InChI=1S/C12H19NO2/c1-10(2)13-6-7-15-12-5-3-4-11(8-12)9-14/h3-5,8,10,13-14H,6-7,9H2,1-2H3. The van der Waals surface area contributed by atoms with Gasteiger partial charge >= 0.3 is 0 Å². The molecule has 0 aliphatic rings. The van der Waals surface area contributed by atoms with Gasteiger partial charge in [0.2, 0.25) is 0 Å². The minimum atomic E-state index is 0.0570. The van der Waals surface area contributed by atoms with Crippen LogP contribution in [0.15, 0.2) is 24.3 Å². The first-order valence-electron chi connectivity index (χ1n) is 5.28. The molecule has 0 atom stereocenters. The lowest BCUT2D eigenvalue weighted by atomic mass is 10.2. The van der Waals surface area contributed by atoms with Crippen molar-refractivity contribution in [2.75, 3.05) is 13.2 Å². The van der Waals surface area contributed by atoms with Gasteiger partial charge in [-0.2, -0.15) is 0 Å². The van der Waals surface area contributed by atoms with Crippen LogP contribution in [0.4, 0.5) is 0 Å². The summed E-state index contributed by atoms with van der Waals surface area (Å²) in [5, 5.41) is 12.2. The number of aliphatic hydroxyl groups is 1. The molecule has 0 amide bonds. The van der Waals surface area contributed by atoms with E-state index in [4.69, 9.17) is 9.84 Å². The Kier molecular flexibility index (Phi) is 5.15. The summed E-state index contributed by atoms with van der Waals surface area (Å²) in [6, 6.07) is 8.00. The van der Waals surface area contributed by atoms with E-state index >= 15 is 0 Å². The first-order chi connectivity index (χ1) is 7.22. The number of rotatable bonds is 6. The largest absolute Gasteiger partial charge is 0.492 e. The fraction of sp³-hybridized carbons (Fsp3) is 0.500. The summed E-state index contributed by atoms with van der Waals surface area (Å²) in [5.41, 5.74) is 0.879. The molecule has 0 spiro atoms. The van der Waals surface area contributed by atoms with Crippen LogP contribution >= 0.6 is 0 Å². The van der Waals surface area contributed by atoms with Gasteiger partial charge in [0.05, 0.1) is 6.61 Å². The first kappa shape index (κ1) is 12.0. The van der Waals surface area contributed by atoms with Crippen molar-refractivity contribution in [3.8, 4) is 5.75 Å². The van der Waals surface area contributed by atoms with Gasteiger partial charge in [-0.05, 0) is 17.7 Å². The van der Waals surface area contributed by atoms with Crippen LogP contribution in [0.3, 0.4) is 0 Å². The van der Waals surface area contributed by atoms with Gasteiger partial charge in [-0.25, -0.2) is 0 Å². The lowest BCUT2D eigenvalue weighted by Crippen LogP contribution is -2.27. The predicted molar refractivity (Wildman–Crippen MR) is 61.0 cm³/mol. The van der Waals surface area contributed by atoms with Gasteiger partial charge in [0.25, 0.3) is 0 Å². The maximum Gasteiger partial charge on any atom is 0.119 e. The van der Waals surface area contributed by atoms with Crippen LogP contribution in [0.5, 0.6) is 5.75 Å². The first-order valence-corrected chi connectivity index (χ1v) is 5.28. The summed E-state index contributed by atoms with van der Waals surface area (Å²) in [4.78, 5) is 0. The molecule has 0 fully saturated rings. The van der Waals surface area contributed by atoms with Crippen molar-refractivity contribution in [3.63, 3.8) is 0 Å². The van der Waals surface area contributed by atoms with Crippen LogP contribution in [0.1, 0.15) is 19.4 Å². The van der Waals surface area contributed by atoms with E-state index in [0.717, 1.165) is 17.9 Å². The number of aliphatic hydroxyl groups excluding tert-OH is 1. The highest BCUT2D eigenvalue weighted by Crippen LogP contribution is 2.12. The van der Waals surface area contributed by atoms with E-state index in [-0.39, 0.29) is 6.61 Å². The van der Waals surface area contributed by atoms with Crippen molar-refractivity contribution in [1.29, 1.82) is 0 Å². The van der Waals surface area contributed by atoms with Gasteiger partial charge < -0.3 is 15.2 Å². The fourth-order valence-electron chi connectivity index (χ4n) is 1.25. The smallest absolute Gasteiger partial charge is 0.119 e. The molecule has 1 rings (SSSR count). The average molecular weight is 209 g/mol. The zero-order valence-electron chi connectivity index (χ0n) is 9.36. The minimum absolute atomic E-state index is 0.0570. The number of hydrogen-bond donors (Lipinski definition) is 2. The predicted octanol–water partition coefficient (Wildman–Crippen LogP) is 1.56. The third-order valence-corrected chi connectivity index (χ3v) is 2.00. The van der Waals surface area contributed by atoms with Gasteiger partial charge in [0.1, 0.15) is 12.4 Å². The molecule has 0 radical (unpaired) electrons. The molecular formula is C12H19NO2. The third-order valence-electron chi connectivity index (χ3n) is 2.00. The maximum absolute atomic E-state index is 8.94.